The highest BCUT2D eigenvalue weighted by molar-refractivity contribution is 6.46. The molecule has 0 fully saturated rings. The van der Waals surface area contributed by atoms with Gasteiger partial charge >= 0.3 is 7.05 Å². The predicted octanol–water partition coefficient (Wildman–Crippen LogP) is 3.47. The molecule has 6 nitrogen and oxygen atoms in total. The lowest BCUT2D eigenvalue weighted by Crippen LogP contribution is -2.45. The Bertz CT molecular complexity index is 955. The fourth-order valence-electron chi connectivity index (χ4n) is 3.20. The minimum absolute atomic E-state index is 0.00548. The summed E-state index contributed by atoms with van der Waals surface area (Å²) in [5, 5.41) is 12.3. The Morgan fingerprint density at radius 1 is 1.20 bits per heavy atom. The molecule has 0 saturated heterocycles. The summed E-state index contributed by atoms with van der Waals surface area (Å²) in [5.41, 5.74) is 2.84. The summed E-state index contributed by atoms with van der Waals surface area (Å²) in [4.78, 5) is 16.3. The van der Waals surface area contributed by atoms with E-state index in [1.54, 1.807) is 6.82 Å². The van der Waals surface area contributed by atoms with Crippen molar-refractivity contribution in [1.29, 1.82) is 0 Å². The van der Waals surface area contributed by atoms with Crippen molar-refractivity contribution < 1.29 is 19.0 Å². The number of hydrogen-bond acceptors (Lipinski definition) is 6. The monoisotopic (exact) mass is 406 g/mol. The third kappa shape index (κ3) is 6.05. The summed E-state index contributed by atoms with van der Waals surface area (Å²) in [5.74, 6) is 2.17. The summed E-state index contributed by atoms with van der Waals surface area (Å²) in [6.45, 7) is 5.52. The number of carbonyl (C=O) groups excluding carboxylic acids is 1. The average Bonchev–Trinajstić information content (AvgIpc) is 3.10. The molecule has 1 atom stereocenters. The quantitative estimate of drug-likeness (QED) is 0.502. The second kappa shape index (κ2) is 10.2. The van der Waals surface area contributed by atoms with Crippen LogP contribution in [0.4, 0.5) is 0 Å². The van der Waals surface area contributed by atoms with E-state index in [9.17, 15) is 9.82 Å². The molecule has 3 rings (SSSR count). The molecule has 0 aliphatic heterocycles. The predicted molar refractivity (Wildman–Crippen MR) is 117 cm³/mol. The number of rotatable bonds is 10. The Hall–Kier alpha value is -2.90. The minimum atomic E-state index is -0.732. The smallest absolute Gasteiger partial charge is 0.374 e. The van der Waals surface area contributed by atoms with Crippen LogP contribution in [0.15, 0.2) is 59.0 Å². The number of ether oxygens (including phenoxy) is 1. The zero-order valence-corrected chi connectivity index (χ0v) is 17.6. The fourth-order valence-corrected chi connectivity index (χ4v) is 3.20. The van der Waals surface area contributed by atoms with Gasteiger partial charge in [-0.3, -0.25) is 4.79 Å². The Kier molecular flexibility index (Phi) is 7.44. The minimum Gasteiger partial charge on any atom is -0.493 e. The molecular weight excluding hydrogens is 379 g/mol. The second-order valence-corrected chi connectivity index (χ2v) is 7.34. The lowest BCUT2D eigenvalue weighted by atomic mass is 9.85. The highest BCUT2D eigenvalue weighted by Crippen LogP contribution is 2.22. The topological polar surface area (TPSA) is 84.6 Å². The summed E-state index contributed by atoms with van der Waals surface area (Å²) < 4.78 is 11.6. The van der Waals surface area contributed by atoms with Crippen molar-refractivity contribution >= 4 is 12.8 Å². The van der Waals surface area contributed by atoms with E-state index in [4.69, 9.17) is 9.15 Å². The van der Waals surface area contributed by atoms with Gasteiger partial charge in [0.25, 0.3) is 0 Å². The number of aryl methyl sites for hydroxylation is 1. The number of oxazole rings is 1. The molecule has 0 aliphatic carbocycles. The van der Waals surface area contributed by atoms with Crippen molar-refractivity contribution in [2.75, 3.05) is 6.61 Å². The van der Waals surface area contributed by atoms with Crippen LogP contribution >= 0.6 is 0 Å². The Morgan fingerprint density at radius 2 is 1.90 bits per heavy atom. The first-order valence-electron chi connectivity index (χ1n) is 10.1. The van der Waals surface area contributed by atoms with E-state index in [1.807, 2.05) is 61.5 Å². The molecule has 1 heterocycles. The van der Waals surface area contributed by atoms with Gasteiger partial charge < -0.3 is 19.4 Å². The average molecular weight is 406 g/mol. The number of hydrogen-bond donors (Lipinski definition) is 2. The molecule has 2 N–H and O–H groups in total. The number of nitrogens with one attached hydrogen (secondary N) is 1. The van der Waals surface area contributed by atoms with Gasteiger partial charge in [0.1, 0.15) is 17.3 Å². The van der Waals surface area contributed by atoms with E-state index in [0.29, 0.717) is 25.3 Å². The van der Waals surface area contributed by atoms with E-state index in [0.717, 1.165) is 28.3 Å². The molecule has 0 bridgehead atoms. The van der Waals surface area contributed by atoms with E-state index >= 15 is 0 Å². The summed E-state index contributed by atoms with van der Waals surface area (Å²) >= 11 is 0. The normalized spacial score (nSPS) is 11.9. The van der Waals surface area contributed by atoms with Crippen LogP contribution in [0.25, 0.3) is 11.5 Å². The number of Topliss-reactive ketones (excluding diaryl/α,β-unsaturated/α-hetero) is 1. The van der Waals surface area contributed by atoms with Crippen LogP contribution in [0, 0.1) is 6.92 Å². The maximum absolute atomic E-state index is 11.7. The van der Waals surface area contributed by atoms with Gasteiger partial charge in [-0.2, -0.15) is 0 Å². The van der Waals surface area contributed by atoms with Crippen LogP contribution in [0.2, 0.25) is 6.82 Å². The maximum Gasteiger partial charge on any atom is 0.374 e. The summed E-state index contributed by atoms with van der Waals surface area (Å²) in [6.07, 6.45) is 1.16. The van der Waals surface area contributed by atoms with Gasteiger partial charge in [0, 0.05) is 12.0 Å². The first kappa shape index (κ1) is 21.8. The number of carbonyl (C=O) groups is 1. The summed E-state index contributed by atoms with van der Waals surface area (Å²) in [6, 6.07) is 17.1. The zero-order chi connectivity index (χ0) is 21.5. The molecular formula is C23H27BN2O4. The molecule has 2 aromatic carbocycles. The maximum atomic E-state index is 11.7. The molecule has 0 aliphatic rings. The summed E-state index contributed by atoms with van der Waals surface area (Å²) in [7, 11) is -0.732. The van der Waals surface area contributed by atoms with Crippen LogP contribution < -0.4 is 9.96 Å². The highest BCUT2D eigenvalue weighted by atomic mass is 16.5. The van der Waals surface area contributed by atoms with E-state index < -0.39 is 13.1 Å². The lowest BCUT2D eigenvalue weighted by molar-refractivity contribution is -0.118. The van der Waals surface area contributed by atoms with E-state index in [-0.39, 0.29) is 5.78 Å². The first-order valence-corrected chi connectivity index (χ1v) is 10.1. The lowest BCUT2D eigenvalue weighted by Gasteiger charge is -2.16. The van der Waals surface area contributed by atoms with Gasteiger partial charge in [0.2, 0.25) is 5.89 Å². The van der Waals surface area contributed by atoms with Gasteiger partial charge in [-0.25, -0.2) is 4.98 Å². The largest absolute Gasteiger partial charge is 0.493 e. The molecule has 30 heavy (non-hydrogen) atoms. The standard InChI is InChI=1S/C23H27BN2O4/c1-16(27)22(26-24(3)28)15-18-9-11-20(12-10-18)29-14-13-21-17(2)30-23(25-21)19-7-5-4-6-8-19/h4-12,22,26,28H,13-15H2,1-3H3. The van der Waals surface area contributed by atoms with Gasteiger partial charge in [-0.15, -0.1) is 0 Å². The first-order chi connectivity index (χ1) is 14.4. The van der Waals surface area contributed by atoms with E-state index in [1.165, 1.54) is 6.92 Å². The number of aromatic nitrogens is 1. The Balaban J connectivity index is 1.53. The van der Waals surface area contributed by atoms with Crippen molar-refractivity contribution in [3.63, 3.8) is 0 Å². The van der Waals surface area contributed by atoms with Gasteiger partial charge in [0.15, 0.2) is 0 Å². The fraction of sp³-hybridized carbons (Fsp3) is 0.304. The number of benzene rings is 2. The van der Waals surface area contributed by atoms with Crippen LogP contribution in [0.5, 0.6) is 5.75 Å². The van der Waals surface area contributed by atoms with Crippen LogP contribution in [-0.2, 0) is 17.6 Å². The van der Waals surface area contributed by atoms with Crippen molar-refractivity contribution in [1.82, 2.24) is 10.2 Å². The van der Waals surface area contributed by atoms with Gasteiger partial charge in [0.05, 0.1) is 18.3 Å². The van der Waals surface area contributed by atoms with Crippen LogP contribution in [0.1, 0.15) is 23.9 Å². The van der Waals surface area contributed by atoms with Crippen LogP contribution in [-0.4, -0.2) is 35.5 Å². The van der Waals surface area contributed by atoms with E-state index in [2.05, 4.69) is 10.2 Å². The second-order valence-electron chi connectivity index (χ2n) is 7.34. The SMILES string of the molecule is CB(O)NC(Cc1ccc(OCCc2nc(-c3ccccc3)oc2C)cc1)C(C)=O. The Labute approximate surface area is 177 Å². The molecule has 1 aromatic heterocycles. The van der Waals surface area contributed by atoms with Crippen molar-refractivity contribution in [3.8, 4) is 17.2 Å². The molecule has 1 unspecified atom stereocenters. The molecule has 3 aromatic rings. The van der Waals surface area contributed by atoms with Crippen molar-refractivity contribution in [3.05, 3.63) is 71.6 Å². The van der Waals surface area contributed by atoms with Crippen molar-refractivity contribution in [2.24, 2.45) is 0 Å². The Morgan fingerprint density at radius 3 is 2.53 bits per heavy atom. The molecule has 0 amide bonds. The van der Waals surface area contributed by atoms with Crippen LogP contribution in [0.3, 0.4) is 0 Å². The molecule has 0 radical (unpaired) electrons. The third-order valence-electron chi connectivity index (χ3n) is 4.82. The highest BCUT2D eigenvalue weighted by Gasteiger charge is 2.18. The van der Waals surface area contributed by atoms with Gasteiger partial charge in [-0.05, 0) is 56.9 Å². The molecule has 156 valence electrons. The third-order valence-corrected chi connectivity index (χ3v) is 4.82. The zero-order valence-electron chi connectivity index (χ0n) is 17.6. The van der Waals surface area contributed by atoms with Gasteiger partial charge in [-0.1, -0.05) is 30.3 Å². The molecule has 7 heteroatoms. The number of nitrogens with zero attached hydrogens (tertiary/aromatic N) is 1. The molecule has 0 spiro atoms. The number of ketones is 1. The molecule has 0 saturated carbocycles. The van der Waals surface area contributed by atoms with Crippen molar-refractivity contribution in [2.45, 2.75) is 39.6 Å².